The maximum Gasteiger partial charge on any atom is 0.0655 e. The molecule has 19 heavy (non-hydrogen) atoms. The number of nitrogens with one attached hydrogen (secondary N) is 1. The predicted molar refractivity (Wildman–Crippen MR) is 80.4 cm³/mol. The van der Waals surface area contributed by atoms with Gasteiger partial charge in [-0.25, -0.2) is 0 Å². The molecule has 1 aliphatic heterocycles. The molecule has 0 amide bonds. The van der Waals surface area contributed by atoms with Gasteiger partial charge in [-0.1, -0.05) is 27.7 Å². The molecule has 0 bridgehead atoms. The van der Waals surface area contributed by atoms with Crippen molar-refractivity contribution in [2.75, 3.05) is 26.2 Å². The van der Waals surface area contributed by atoms with Crippen LogP contribution in [0.3, 0.4) is 0 Å². The first-order valence-corrected chi connectivity index (χ1v) is 8.09. The fraction of sp³-hybridized carbons (Fsp3) is 1.00. The van der Waals surface area contributed by atoms with Gasteiger partial charge in [-0.05, 0) is 38.8 Å². The van der Waals surface area contributed by atoms with Crippen LogP contribution in [0.15, 0.2) is 0 Å². The number of hydrogen-bond acceptors (Lipinski definition) is 3. The van der Waals surface area contributed by atoms with Gasteiger partial charge in [0.05, 0.1) is 6.10 Å². The second-order valence-electron chi connectivity index (χ2n) is 6.94. The van der Waals surface area contributed by atoms with Crippen LogP contribution in [-0.4, -0.2) is 49.3 Å². The highest BCUT2D eigenvalue weighted by molar-refractivity contribution is 5.05. The summed E-state index contributed by atoms with van der Waals surface area (Å²) in [5.41, 5.74) is 0.320. The van der Waals surface area contributed by atoms with E-state index in [9.17, 15) is 0 Å². The smallest absolute Gasteiger partial charge is 0.0655 e. The number of likely N-dealkylation sites (tertiary alicyclic amines) is 1. The van der Waals surface area contributed by atoms with Crippen LogP contribution in [-0.2, 0) is 4.74 Å². The van der Waals surface area contributed by atoms with Crippen molar-refractivity contribution in [3.63, 3.8) is 0 Å². The summed E-state index contributed by atoms with van der Waals surface area (Å²) in [7, 11) is 0. The van der Waals surface area contributed by atoms with Crippen LogP contribution in [0.4, 0.5) is 0 Å². The molecule has 0 aromatic rings. The van der Waals surface area contributed by atoms with Gasteiger partial charge in [0.1, 0.15) is 0 Å². The molecular weight excluding hydrogens is 236 g/mol. The highest BCUT2D eigenvalue weighted by Crippen LogP contribution is 2.46. The Bertz CT molecular complexity index is 292. The van der Waals surface area contributed by atoms with E-state index in [4.69, 9.17) is 4.74 Å². The SMILES string of the molecule is CCNC1CCN(C2CC(OCC)C2(C)C)CC1C. The molecule has 1 aliphatic carbocycles. The maximum atomic E-state index is 5.86. The summed E-state index contributed by atoms with van der Waals surface area (Å²) in [5, 5.41) is 3.63. The van der Waals surface area contributed by atoms with Crippen LogP contribution < -0.4 is 5.32 Å². The third kappa shape index (κ3) is 2.98. The Kier molecular flexibility index (Phi) is 4.91. The van der Waals surface area contributed by atoms with Crippen molar-refractivity contribution in [1.82, 2.24) is 10.2 Å². The normalized spacial score (nSPS) is 39.0. The highest BCUT2D eigenvalue weighted by atomic mass is 16.5. The number of hydrogen-bond donors (Lipinski definition) is 1. The van der Waals surface area contributed by atoms with Crippen molar-refractivity contribution in [3.8, 4) is 0 Å². The Hall–Kier alpha value is -0.120. The highest BCUT2D eigenvalue weighted by Gasteiger charge is 2.52. The third-order valence-corrected chi connectivity index (χ3v) is 5.34. The van der Waals surface area contributed by atoms with E-state index in [0.717, 1.165) is 19.1 Å². The lowest BCUT2D eigenvalue weighted by Crippen LogP contribution is -2.65. The topological polar surface area (TPSA) is 24.5 Å². The van der Waals surface area contributed by atoms with Gasteiger partial charge in [0.15, 0.2) is 0 Å². The number of nitrogens with zero attached hydrogens (tertiary/aromatic N) is 1. The van der Waals surface area contributed by atoms with Crippen molar-refractivity contribution in [1.29, 1.82) is 0 Å². The summed E-state index contributed by atoms with van der Waals surface area (Å²) in [6.07, 6.45) is 2.98. The summed E-state index contributed by atoms with van der Waals surface area (Å²) in [6.45, 7) is 15.9. The number of piperidine rings is 1. The monoisotopic (exact) mass is 268 g/mol. The Morgan fingerprint density at radius 3 is 2.58 bits per heavy atom. The minimum Gasteiger partial charge on any atom is -0.378 e. The Morgan fingerprint density at radius 2 is 2.05 bits per heavy atom. The summed E-state index contributed by atoms with van der Waals surface area (Å²) in [6, 6.07) is 1.43. The van der Waals surface area contributed by atoms with E-state index in [1.54, 1.807) is 0 Å². The molecule has 1 saturated heterocycles. The van der Waals surface area contributed by atoms with Crippen LogP contribution in [0.2, 0.25) is 0 Å². The van der Waals surface area contributed by atoms with Gasteiger partial charge in [0, 0.05) is 30.7 Å². The van der Waals surface area contributed by atoms with Gasteiger partial charge in [-0.2, -0.15) is 0 Å². The van der Waals surface area contributed by atoms with Crippen molar-refractivity contribution in [2.24, 2.45) is 11.3 Å². The summed E-state index contributed by atoms with van der Waals surface area (Å²) in [5.74, 6) is 0.760. The summed E-state index contributed by atoms with van der Waals surface area (Å²) >= 11 is 0. The average Bonchev–Trinajstić information content (AvgIpc) is 2.37. The molecule has 2 aliphatic rings. The molecule has 0 radical (unpaired) electrons. The lowest BCUT2D eigenvalue weighted by atomic mass is 9.63. The molecule has 3 nitrogen and oxygen atoms in total. The standard InChI is InChI=1S/C16H32N2O/c1-6-17-13-8-9-18(11-12(13)3)14-10-15(19-7-2)16(14,4)5/h12-15,17H,6-11H2,1-5H3. The van der Waals surface area contributed by atoms with Crippen LogP contribution in [0, 0.1) is 11.3 Å². The molecular formula is C16H32N2O. The largest absolute Gasteiger partial charge is 0.378 e. The molecule has 4 atom stereocenters. The fourth-order valence-corrected chi connectivity index (χ4v) is 3.99. The van der Waals surface area contributed by atoms with Crippen molar-refractivity contribution < 1.29 is 4.74 Å². The number of ether oxygens (including phenoxy) is 1. The van der Waals surface area contributed by atoms with Gasteiger partial charge in [-0.15, -0.1) is 0 Å². The second-order valence-corrected chi connectivity index (χ2v) is 6.94. The van der Waals surface area contributed by atoms with E-state index in [0.29, 0.717) is 23.6 Å². The van der Waals surface area contributed by atoms with Gasteiger partial charge >= 0.3 is 0 Å². The van der Waals surface area contributed by atoms with Crippen LogP contribution in [0.25, 0.3) is 0 Å². The minimum atomic E-state index is 0.320. The van der Waals surface area contributed by atoms with Crippen molar-refractivity contribution in [3.05, 3.63) is 0 Å². The molecule has 2 fully saturated rings. The third-order valence-electron chi connectivity index (χ3n) is 5.34. The molecule has 1 heterocycles. The Balaban J connectivity index is 1.88. The molecule has 0 aromatic carbocycles. The predicted octanol–water partition coefficient (Wildman–Crippen LogP) is 2.51. The van der Waals surface area contributed by atoms with E-state index >= 15 is 0 Å². The summed E-state index contributed by atoms with van der Waals surface area (Å²) in [4.78, 5) is 2.72. The second kappa shape index (κ2) is 6.11. The first-order chi connectivity index (χ1) is 9.00. The van der Waals surface area contributed by atoms with E-state index in [1.807, 2.05) is 0 Å². The number of rotatable bonds is 5. The Labute approximate surface area is 119 Å². The van der Waals surface area contributed by atoms with Gasteiger partial charge < -0.3 is 10.1 Å². The lowest BCUT2D eigenvalue weighted by molar-refractivity contribution is -0.156. The van der Waals surface area contributed by atoms with Crippen molar-refractivity contribution in [2.45, 2.75) is 65.6 Å². The van der Waals surface area contributed by atoms with Crippen LogP contribution in [0.5, 0.6) is 0 Å². The molecule has 112 valence electrons. The average molecular weight is 268 g/mol. The zero-order valence-electron chi connectivity index (χ0n) is 13.4. The fourth-order valence-electron chi connectivity index (χ4n) is 3.99. The van der Waals surface area contributed by atoms with E-state index in [1.165, 1.54) is 25.9 Å². The van der Waals surface area contributed by atoms with E-state index in [-0.39, 0.29) is 0 Å². The van der Waals surface area contributed by atoms with E-state index < -0.39 is 0 Å². The van der Waals surface area contributed by atoms with E-state index in [2.05, 4.69) is 44.8 Å². The molecule has 0 aromatic heterocycles. The molecule has 0 spiro atoms. The lowest BCUT2D eigenvalue weighted by Gasteiger charge is -2.57. The van der Waals surface area contributed by atoms with Gasteiger partial charge in [-0.3, -0.25) is 4.90 Å². The zero-order valence-corrected chi connectivity index (χ0v) is 13.4. The first-order valence-electron chi connectivity index (χ1n) is 8.09. The molecule has 2 rings (SSSR count). The zero-order chi connectivity index (χ0) is 14.0. The molecule has 1 saturated carbocycles. The first kappa shape index (κ1) is 15.3. The van der Waals surface area contributed by atoms with Crippen molar-refractivity contribution >= 4 is 0 Å². The molecule has 1 N–H and O–H groups in total. The quantitative estimate of drug-likeness (QED) is 0.829. The summed E-state index contributed by atoms with van der Waals surface area (Å²) < 4.78 is 5.86. The van der Waals surface area contributed by atoms with Gasteiger partial charge in [0.2, 0.25) is 0 Å². The minimum absolute atomic E-state index is 0.320. The van der Waals surface area contributed by atoms with Crippen LogP contribution >= 0.6 is 0 Å². The van der Waals surface area contributed by atoms with Crippen LogP contribution in [0.1, 0.15) is 47.5 Å². The maximum absolute atomic E-state index is 5.86. The molecule has 3 heteroatoms. The molecule has 4 unspecified atom stereocenters. The van der Waals surface area contributed by atoms with Gasteiger partial charge in [0.25, 0.3) is 0 Å². The Morgan fingerprint density at radius 1 is 1.32 bits per heavy atom.